The van der Waals surface area contributed by atoms with E-state index in [0.29, 0.717) is 38.8 Å². The number of nitriles is 1. The van der Waals surface area contributed by atoms with Crippen LogP contribution in [-0.2, 0) is 6.18 Å². The summed E-state index contributed by atoms with van der Waals surface area (Å²) in [5.41, 5.74) is 11.8. The van der Waals surface area contributed by atoms with Gasteiger partial charge in [-0.1, -0.05) is 114 Å². The van der Waals surface area contributed by atoms with Crippen LogP contribution >= 0.6 is 0 Å². The van der Waals surface area contributed by atoms with Crippen molar-refractivity contribution in [1.82, 2.24) is 9.13 Å². The van der Waals surface area contributed by atoms with Crippen molar-refractivity contribution < 1.29 is 13.2 Å². The lowest BCUT2D eigenvalue weighted by Crippen LogP contribution is -2.16. The maximum absolute atomic E-state index is 16.6. The van der Waals surface area contributed by atoms with Crippen molar-refractivity contribution in [2.45, 2.75) is 33.9 Å². The van der Waals surface area contributed by atoms with Crippen LogP contribution in [0, 0.1) is 39.0 Å². The maximum atomic E-state index is 16.6. The smallest absolute Gasteiger partial charge is 0.309 e. The monoisotopic (exact) mass is 785 g/mol. The van der Waals surface area contributed by atoms with Crippen molar-refractivity contribution in [1.29, 1.82) is 5.26 Å². The van der Waals surface area contributed by atoms with Crippen LogP contribution in [0.1, 0.15) is 33.4 Å². The number of halogens is 3. The SMILES string of the molecule is Cc1ccc(-c2ccc3c(c2)c2ccccc2n3-c2ccc(-c3cccc(C#N)c3)c(-n3c4ccccc4c4cc(-c5ccc(C)cc5C)ccc43)c2C(F)(F)F)c(C)c1. The molecular formula is C54H38F3N3. The normalized spacial score (nSPS) is 11.9. The molecule has 0 aliphatic heterocycles. The number of nitrogens with zero attached hydrogens (tertiary/aromatic N) is 3. The Balaban J connectivity index is 1.33. The summed E-state index contributed by atoms with van der Waals surface area (Å²) in [6.45, 7) is 8.29. The molecule has 2 heterocycles. The Hall–Kier alpha value is -7.36. The van der Waals surface area contributed by atoms with Gasteiger partial charge in [0.05, 0.1) is 45.1 Å². The van der Waals surface area contributed by atoms with Crippen molar-refractivity contribution in [3.05, 3.63) is 191 Å². The van der Waals surface area contributed by atoms with Gasteiger partial charge >= 0.3 is 6.18 Å². The summed E-state index contributed by atoms with van der Waals surface area (Å²) in [6.07, 6.45) is -4.82. The van der Waals surface area contributed by atoms with E-state index in [1.165, 1.54) is 0 Å². The number of hydrogen-bond acceptors (Lipinski definition) is 1. The molecule has 0 saturated carbocycles. The minimum absolute atomic E-state index is 0.00149. The molecule has 0 radical (unpaired) electrons. The van der Waals surface area contributed by atoms with Crippen molar-refractivity contribution >= 4 is 43.6 Å². The fourth-order valence-corrected chi connectivity index (χ4v) is 9.32. The Bertz CT molecular complexity index is 3430. The predicted molar refractivity (Wildman–Crippen MR) is 240 cm³/mol. The van der Waals surface area contributed by atoms with Crippen LogP contribution in [0.15, 0.2) is 158 Å². The molecule has 0 unspecified atom stereocenters. The summed E-state index contributed by atoms with van der Waals surface area (Å²) in [4.78, 5) is 0. The van der Waals surface area contributed by atoms with Crippen LogP contribution in [0.5, 0.6) is 0 Å². The molecule has 10 rings (SSSR count). The van der Waals surface area contributed by atoms with Gasteiger partial charge in [0.2, 0.25) is 0 Å². The third-order valence-electron chi connectivity index (χ3n) is 11.9. The highest BCUT2D eigenvalue weighted by molar-refractivity contribution is 6.13. The fourth-order valence-electron chi connectivity index (χ4n) is 9.32. The lowest BCUT2D eigenvalue weighted by Gasteiger charge is -2.24. The molecule has 0 N–H and O–H groups in total. The standard InChI is InChI=1S/C54H38F3N3/c1-32-16-20-40(34(3)26-32)38-18-23-49-45(29-38)43-12-5-7-14-47(43)59(49)51-25-22-42(37-11-9-10-36(28-37)31-58)53(52(51)54(55,56)57)60-48-15-8-6-13-44(48)46-30-39(19-24-50(46)60)41-21-17-33(2)27-35(41)4/h5-30H,1-4H3. The summed E-state index contributed by atoms with van der Waals surface area (Å²) in [6, 6.07) is 52.5. The second-order valence-corrected chi connectivity index (χ2v) is 15.9. The van der Waals surface area contributed by atoms with Crippen LogP contribution < -0.4 is 0 Å². The maximum Gasteiger partial charge on any atom is 0.420 e. The first-order chi connectivity index (χ1) is 29.0. The van der Waals surface area contributed by atoms with E-state index >= 15 is 13.2 Å². The van der Waals surface area contributed by atoms with Gasteiger partial charge < -0.3 is 9.13 Å². The molecule has 6 heteroatoms. The minimum Gasteiger partial charge on any atom is -0.309 e. The van der Waals surface area contributed by atoms with E-state index in [0.717, 1.165) is 66.1 Å². The second-order valence-electron chi connectivity index (χ2n) is 15.9. The van der Waals surface area contributed by atoms with Crippen molar-refractivity contribution in [2.75, 3.05) is 0 Å². The number of fused-ring (bicyclic) bond motifs is 6. The Labute approximate surface area is 345 Å². The average molecular weight is 786 g/mol. The zero-order valence-electron chi connectivity index (χ0n) is 33.5. The number of alkyl halides is 3. The Kier molecular flexibility index (Phi) is 8.55. The van der Waals surface area contributed by atoms with Gasteiger partial charge in [0.1, 0.15) is 5.56 Å². The van der Waals surface area contributed by atoms with E-state index in [2.05, 4.69) is 82.3 Å². The number of aryl methyl sites for hydroxylation is 4. The second kappa shape index (κ2) is 13.9. The molecule has 0 aliphatic rings. The average Bonchev–Trinajstić information content (AvgIpc) is 3.75. The first kappa shape index (κ1) is 36.9. The van der Waals surface area contributed by atoms with Crippen LogP contribution in [0.3, 0.4) is 0 Å². The Morgan fingerprint density at radius 2 is 0.950 bits per heavy atom. The van der Waals surface area contributed by atoms with Crippen molar-refractivity contribution in [2.24, 2.45) is 0 Å². The molecule has 0 fully saturated rings. The zero-order chi connectivity index (χ0) is 41.4. The zero-order valence-corrected chi connectivity index (χ0v) is 33.5. The van der Waals surface area contributed by atoms with E-state index in [9.17, 15) is 5.26 Å². The third-order valence-corrected chi connectivity index (χ3v) is 11.9. The Morgan fingerprint density at radius 3 is 1.50 bits per heavy atom. The van der Waals surface area contributed by atoms with Gasteiger partial charge in [-0.05, 0) is 121 Å². The van der Waals surface area contributed by atoms with E-state index in [1.54, 1.807) is 45.5 Å². The molecular weight excluding hydrogens is 748 g/mol. The lowest BCUT2D eigenvalue weighted by molar-refractivity contribution is -0.137. The van der Waals surface area contributed by atoms with Crippen LogP contribution in [0.4, 0.5) is 13.2 Å². The summed E-state index contributed by atoms with van der Waals surface area (Å²) < 4.78 is 53.3. The van der Waals surface area contributed by atoms with Gasteiger partial charge in [-0.2, -0.15) is 18.4 Å². The highest BCUT2D eigenvalue weighted by atomic mass is 19.4. The number of hydrogen-bond donors (Lipinski definition) is 0. The summed E-state index contributed by atoms with van der Waals surface area (Å²) in [5.74, 6) is 0. The third kappa shape index (κ3) is 5.88. The summed E-state index contributed by atoms with van der Waals surface area (Å²) in [5, 5.41) is 13.3. The molecule has 2 aromatic heterocycles. The van der Waals surface area contributed by atoms with E-state index in [-0.39, 0.29) is 11.4 Å². The van der Waals surface area contributed by atoms with Gasteiger partial charge in [0.25, 0.3) is 0 Å². The fraction of sp³-hybridized carbons (Fsp3) is 0.0926. The van der Waals surface area contributed by atoms with Gasteiger partial charge in [0, 0.05) is 27.1 Å². The molecule has 0 bridgehead atoms. The van der Waals surface area contributed by atoms with Crippen LogP contribution in [0.2, 0.25) is 0 Å². The summed E-state index contributed by atoms with van der Waals surface area (Å²) >= 11 is 0. The number of benzene rings is 8. The quantitative estimate of drug-likeness (QED) is 0.171. The number of rotatable bonds is 5. The van der Waals surface area contributed by atoms with E-state index < -0.39 is 11.7 Å². The minimum atomic E-state index is -4.82. The van der Waals surface area contributed by atoms with Gasteiger partial charge in [-0.15, -0.1) is 0 Å². The van der Waals surface area contributed by atoms with Crippen LogP contribution in [-0.4, -0.2) is 9.13 Å². The van der Waals surface area contributed by atoms with E-state index in [4.69, 9.17) is 0 Å². The first-order valence-corrected chi connectivity index (χ1v) is 20.0. The van der Waals surface area contributed by atoms with Gasteiger partial charge in [0.15, 0.2) is 0 Å². The molecule has 0 atom stereocenters. The first-order valence-electron chi connectivity index (χ1n) is 20.0. The lowest BCUT2D eigenvalue weighted by atomic mass is 9.95. The molecule has 8 aromatic carbocycles. The number of aromatic nitrogens is 2. The highest BCUT2D eigenvalue weighted by Gasteiger charge is 2.40. The van der Waals surface area contributed by atoms with Crippen molar-refractivity contribution in [3.63, 3.8) is 0 Å². The van der Waals surface area contributed by atoms with Crippen LogP contribution in [0.25, 0.3) is 88.4 Å². The molecule has 3 nitrogen and oxygen atoms in total. The molecule has 60 heavy (non-hydrogen) atoms. The van der Waals surface area contributed by atoms with Gasteiger partial charge in [-0.25, -0.2) is 0 Å². The molecule has 0 spiro atoms. The molecule has 290 valence electrons. The Morgan fingerprint density at radius 1 is 0.450 bits per heavy atom. The van der Waals surface area contributed by atoms with Crippen molar-refractivity contribution in [3.8, 4) is 50.8 Å². The highest BCUT2D eigenvalue weighted by Crippen LogP contribution is 2.48. The topological polar surface area (TPSA) is 33.6 Å². The number of para-hydroxylation sites is 2. The molecule has 0 aliphatic carbocycles. The molecule has 10 aromatic rings. The largest absolute Gasteiger partial charge is 0.420 e. The molecule has 0 saturated heterocycles. The summed E-state index contributed by atoms with van der Waals surface area (Å²) in [7, 11) is 0. The predicted octanol–water partition coefficient (Wildman–Crippen LogP) is 15.0. The molecule has 0 amide bonds. The van der Waals surface area contributed by atoms with Gasteiger partial charge in [-0.3, -0.25) is 0 Å². The van der Waals surface area contributed by atoms with E-state index in [1.807, 2.05) is 72.8 Å².